The molecule has 1 saturated heterocycles. The van der Waals surface area contributed by atoms with Crippen molar-refractivity contribution in [3.8, 4) is 0 Å². The highest BCUT2D eigenvalue weighted by molar-refractivity contribution is 5.77. The molecule has 4 nitrogen and oxygen atoms in total. The van der Waals surface area contributed by atoms with Gasteiger partial charge in [-0.1, -0.05) is 31.5 Å². The smallest absolute Gasteiger partial charge is 0.224 e. The molecule has 2 rings (SSSR count). The minimum Gasteiger partial charge on any atom is -0.368 e. The molecule has 0 aliphatic carbocycles. The second kappa shape index (κ2) is 7.29. The van der Waals surface area contributed by atoms with Crippen LogP contribution in [0.3, 0.4) is 0 Å². The summed E-state index contributed by atoms with van der Waals surface area (Å²) in [5.74, 6) is 0.207. The monoisotopic (exact) mass is 275 g/mol. The molecule has 0 aromatic heterocycles. The van der Waals surface area contributed by atoms with Gasteiger partial charge in [0.25, 0.3) is 0 Å². The van der Waals surface area contributed by atoms with Crippen LogP contribution in [0.5, 0.6) is 0 Å². The maximum absolute atomic E-state index is 12.2. The topological polar surface area (TPSA) is 49.6 Å². The number of piperazine rings is 1. The van der Waals surface area contributed by atoms with Crippen LogP contribution in [0.15, 0.2) is 30.3 Å². The Morgan fingerprint density at radius 2 is 1.85 bits per heavy atom. The number of rotatable bonds is 5. The Morgan fingerprint density at radius 1 is 1.20 bits per heavy atom. The van der Waals surface area contributed by atoms with Gasteiger partial charge in [0.2, 0.25) is 5.91 Å². The van der Waals surface area contributed by atoms with Gasteiger partial charge >= 0.3 is 0 Å². The van der Waals surface area contributed by atoms with Crippen LogP contribution in [0.4, 0.5) is 5.69 Å². The quantitative estimate of drug-likeness (QED) is 0.892. The number of amides is 1. The maximum Gasteiger partial charge on any atom is 0.224 e. The van der Waals surface area contributed by atoms with Crippen LogP contribution in [-0.2, 0) is 4.79 Å². The fraction of sp³-hybridized carbons (Fsp3) is 0.562. The predicted octanol–water partition coefficient (Wildman–Crippen LogP) is 1.85. The van der Waals surface area contributed by atoms with Crippen molar-refractivity contribution in [1.82, 2.24) is 4.90 Å². The van der Waals surface area contributed by atoms with Gasteiger partial charge in [-0.3, -0.25) is 4.79 Å². The van der Waals surface area contributed by atoms with E-state index in [1.807, 2.05) is 11.0 Å². The molecule has 20 heavy (non-hydrogen) atoms. The van der Waals surface area contributed by atoms with Crippen LogP contribution in [0.1, 0.15) is 26.2 Å². The number of nitrogens with two attached hydrogens (primary N) is 1. The summed E-state index contributed by atoms with van der Waals surface area (Å²) in [4.78, 5) is 16.4. The third-order valence-electron chi connectivity index (χ3n) is 3.85. The van der Waals surface area contributed by atoms with Crippen LogP contribution in [0.2, 0.25) is 0 Å². The van der Waals surface area contributed by atoms with Crippen LogP contribution < -0.4 is 10.6 Å². The summed E-state index contributed by atoms with van der Waals surface area (Å²) in [5.41, 5.74) is 7.19. The van der Waals surface area contributed by atoms with Gasteiger partial charge in [-0.25, -0.2) is 0 Å². The Bertz CT molecular complexity index is 413. The van der Waals surface area contributed by atoms with Crippen molar-refractivity contribution >= 4 is 11.6 Å². The van der Waals surface area contributed by atoms with Crippen LogP contribution >= 0.6 is 0 Å². The molecule has 1 unspecified atom stereocenters. The second-order valence-corrected chi connectivity index (χ2v) is 5.46. The van der Waals surface area contributed by atoms with E-state index in [1.165, 1.54) is 5.69 Å². The van der Waals surface area contributed by atoms with Gasteiger partial charge in [0, 0.05) is 44.3 Å². The lowest BCUT2D eigenvalue weighted by Gasteiger charge is -2.36. The van der Waals surface area contributed by atoms with E-state index in [0.717, 1.165) is 39.0 Å². The van der Waals surface area contributed by atoms with E-state index >= 15 is 0 Å². The molecule has 1 aromatic rings. The molecule has 4 heteroatoms. The van der Waals surface area contributed by atoms with E-state index in [4.69, 9.17) is 5.73 Å². The molecule has 1 aliphatic rings. The Morgan fingerprint density at radius 3 is 2.45 bits per heavy atom. The van der Waals surface area contributed by atoms with E-state index in [0.29, 0.717) is 6.42 Å². The first-order valence-corrected chi connectivity index (χ1v) is 7.54. The van der Waals surface area contributed by atoms with Gasteiger partial charge in [0.1, 0.15) is 0 Å². The number of anilines is 1. The van der Waals surface area contributed by atoms with E-state index in [2.05, 4.69) is 36.1 Å². The fourth-order valence-electron chi connectivity index (χ4n) is 2.68. The summed E-state index contributed by atoms with van der Waals surface area (Å²) >= 11 is 0. The molecule has 1 fully saturated rings. The highest BCUT2D eigenvalue weighted by Gasteiger charge is 2.22. The predicted molar refractivity (Wildman–Crippen MR) is 82.7 cm³/mol. The number of nitrogens with zero attached hydrogens (tertiary/aromatic N) is 2. The number of carbonyl (C=O) groups excluding carboxylic acids is 1. The first kappa shape index (κ1) is 14.9. The summed E-state index contributed by atoms with van der Waals surface area (Å²) in [6.07, 6.45) is 2.45. The zero-order chi connectivity index (χ0) is 14.4. The molecular formula is C16H25N3O. The van der Waals surface area contributed by atoms with Crippen molar-refractivity contribution in [3.05, 3.63) is 30.3 Å². The van der Waals surface area contributed by atoms with Gasteiger partial charge in [0.05, 0.1) is 0 Å². The Kier molecular flexibility index (Phi) is 5.41. The van der Waals surface area contributed by atoms with Crippen molar-refractivity contribution in [3.63, 3.8) is 0 Å². The molecule has 1 atom stereocenters. The van der Waals surface area contributed by atoms with Crippen molar-refractivity contribution in [1.29, 1.82) is 0 Å². The lowest BCUT2D eigenvalue weighted by Crippen LogP contribution is -2.49. The van der Waals surface area contributed by atoms with Gasteiger partial charge in [-0.15, -0.1) is 0 Å². The van der Waals surface area contributed by atoms with Gasteiger partial charge in [-0.2, -0.15) is 0 Å². The molecule has 0 bridgehead atoms. The highest BCUT2D eigenvalue weighted by Crippen LogP contribution is 2.16. The van der Waals surface area contributed by atoms with Crippen molar-refractivity contribution in [2.45, 2.75) is 32.2 Å². The summed E-state index contributed by atoms with van der Waals surface area (Å²) in [5, 5.41) is 0. The second-order valence-electron chi connectivity index (χ2n) is 5.46. The summed E-state index contributed by atoms with van der Waals surface area (Å²) in [7, 11) is 0. The SMILES string of the molecule is CCCC(N)CC(=O)N1CCN(c2ccccc2)CC1. The van der Waals surface area contributed by atoms with Crippen LogP contribution in [0.25, 0.3) is 0 Å². The average molecular weight is 275 g/mol. The number of para-hydroxylation sites is 1. The molecule has 2 N–H and O–H groups in total. The summed E-state index contributed by atoms with van der Waals surface area (Å²) in [6, 6.07) is 10.4. The molecule has 1 heterocycles. The van der Waals surface area contributed by atoms with E-state index in [-0.39, 0.29) is 11.9 Å². The van der Waals surface area contributed by atoms with Gasteiger partial charge in [0.15, 0.2) is 0 Å². The largest absolute Gasteiger partial charge is 0.368 e. The Balaban J connectivity index is 1.80. The minimum atomic E-state index is 0.0136. The zero-order valence-corrected chi connectivity index (χ0v) is 12.3. The highest BCUT2D eigenvalue weighted by atomic mass is 16.2. The first-order valence-electron chi connectivity index (χ1n) is 7.54. The Hall–Kier alpha value is -1.55. The zero-order valence-electron chi connectivity index (χ0n) is 12.3. The fourth-order valence-corrected chi connectivity index (χ4v) is 2.68. The van der Waals surface area contributed by atoms with E-state index in [1.54, 1.807) is 0 Å². The number of hydrogen-bond acceptors (Lipinski definition) is 3. The van der Waals surface area contributed by atoms with Crippen molar-refractivity contribution < 1.29 is 4.79 Å². The molecule has 1 aliphatic heterocycles. The molecule has 110 valence electrons. The summed E-state index contributed by atoms with van der Waals surface area (Å²) < 4.78 is 0. The number of carbonyl (C=O) groups is 1. The molecule has 1 aromatic carbocycles. The third kappa shape index (κ3) is 3.97. The number of benzene rings is 1. The van der Waals surface area contributed by atoms with Crippen LogP contribution in [0, 0.1) is 0 Å². The lowest BCUT2D eigenvalue weighted by atomic mass is 10.1. The average Bonchev–Trinajstić information content (AvgIpc) is 2.48. The van der Waals surface area contributed by atoms with E-state index < -0.39 is 0 Å². The molecule has 1 amide bonds. The first-order chi connectivity index (χ1) is 9.70. The van der Waals surface area contributed by atoms with Crippen molar-refractivity contribution in [2.75, 3.05) is 31.1 Å². The van der Waals surface area contributed by atoms with E-state index in [9.17, 15) is 4.79 Å². The molecule has 0 saturated carbocycles. The van der Waals surface area contributed by atoms with Gasteiger partial charge < -0.3 is 15.5 Å². The maximum atomic E-state index is 12.2. The lowest BCUT2D eigenvalue weighted by molar-refractivity contribution is -0.131. The third-order valence-corrected chi connectivity index (χ3v) is 3.85. The van der Waals surface area contributed by atoms with Crippen LogP contribution in [-0.4, -0.2) is 43.0 Å². The Labute approximate surface area is 121 Å². The molecule has 0 spiro atoms. The standard InChI is InChI=1S/C16H25N3O/c1-2-6-14(17)13-16(20)19-11-9-18(10-12-19)15-7-4-3-5-8-15/h3-5,7-8,14H,2,6,9-13,17H2,1H3. The normalized spacial score (nSPS) is 17.1. The van der Waals surface area contributed by atoms with Crippen molar-refractivity contribution in [2.24, 2.45) is 5.73 Å². The number of hydrogen-bond donors (Lipinski definition) is 1. The molecule has 0 radical (unpaired) electrons. The molecular weight excluding hydrogens is 250 g/mol. The minimum absolute atomic E-state index is 0.0136. The summed E-state index contributed by atoms with van der Waals surface area (Å²) in [6.45, 7) is 5.50. The van der Waals surface area contributed by atoms with Gasteiger partial charge in [-0.05, 0) is 18.6 Å².